The summed E-state index contributed by atoms with van der Waals surface area (Å²) in [5.41, 5.74) is 2.14. The molecule has 5 aromatic rings. The minimum atomic E-state index is 1.07. The summed E-state index contributed by atoms with van der Waals surface area (Å²) in [5, 5.41) is 6.38. The van der Waals surface area contributed by atoms with E-state index in [1.165, 1.54) is 19.2 Å². The monoisotopic (exact) mass is 356 g/mol. The molecule has 6 heteroatoms. The van der Waals surface area contributed by atoms with Crippen molar-refractivity contribution in [2.45, 2.75) is 0 Å². The fourth-order valence-corrected chi connectivity index (χ4v) is 5.92. The molecule has 0 aliphatic rings. The molecular weight excluding hydrogens is 348 g/mol. The van der Waals surface area contributed by atoms with Crippen LogP contribution in [0.5, 0.6) is 0 Å². The van der Waals surface area contributed by atoms with E-state index in [0.29, 0.717) is 0 Å². The Bertz CT molecular complexity index is 934. The lowest BCUT2D eigenvalue weighted by molar-refractivity contribution is 1.49. The third-order valence-electron chi connectivity index (χ3n) is 3.36. The Kier molecular flexibility index (Phi) is 2.91. The van der Waals surface area contributed by atoms with E-state index in [2.05, 4.69) is 47.2 Å². The smallest absolute Gasteiger partial charge is 0.134 e. The highest BCUT2D eigenvalue weighted by Crippen LogP contribution is 2.38. The van der Waals surface area contributed by atoms with E-state index in [1.54, 1.807) is 45.3 Å². The summed E-state index contributed by atoms with van der Waals surface area (Å²) in [6.07, 6.45) is 0. The van der Waals surface area contributed by atoms with Gasteiger partial charge in [0.05, 0.1) is 30.2 Å². The Morgan fingerprint density at radius 2 is 1.18 bits per heavy atom. The van der Waals surface area contributed by atoms with Crippen molar-refractivity contribution in [3.05, 3.63) is 47.2 Å². The topological polar surface area (TPSA) is 25.8 Å². The van der Waals surface area contributed by atoms with Gasteiger partial charge in [-0.25, -0.2) is 9.97 Å². The first-order valence-corrected chi connectivity index (χ1v) is 10.0. The number of benzene rings is 1. The number of rotatable bonds is 2. The van der Waals surface area contributed by atoms with Crippen LogP contribution in [0.2, 0.25) is 0 Å². The average Bonchev–Trinajstić information content (AvgIpc) is 3.27. The maximum atomic E-state index is 4.79. The molecule has 0 spiro atoms. The van der Waals surface area contributed by atoms with Gasteiger partial charge in [0.2, 0.25) is 0 Å². The highest BCUT2D eigenvalue weighted by molar-refractivity contribution is 7.26. The van der Waals surface area contributed by atoms with Crippen LogP contribution in [0.4, 0.5) is 0 Å². The van der Waals surface area contributed by atoms with Crippen molar-refractivity contribution in [3.63, 3.8) is 0 Å². The molecule has 0 unspecified atom stereocenters. The molecule has 0 radical (unpaired) electrons. The maximum absolute atomic E-state index is 4.79. The Morgan fingerprint density at radius 1 is 0.682 bits per heavy atom. The van der Waals surface area contributed by atoms with Gasteiger partial charge < -0.3 is 0 Å². The zero-order valence-electron chi connectivity index (χ0n) is 11.1. The van der Waals surface area contributed by atoms with Gasteiger partial charge in [0.25, 0.3) is 0 Å². The van der Waals surface area contributed by atoms with Crippen LogP contribution in [-0.4, -0.2) is 9.97 Å². The lowest BCUT2D eigenvalue weighted by atomic mass is 10.3. The first-order chi connectivity index (χ1) is 10.9. The third-order valence-corrected chi connectivity index (χ3v) is 7.48. The summed E-state index contributed by atoms with van der Waals surface area (Å²) in [5.74, 6) is 0. The second-order valence-electron chi connectivity index (χ2n) is 4.78. The van der Waals surface area contributed by atoms with Crippen LogP contribution >= 0.6 is 45.3 Å². The largest absolute Gasteiger partial charge is 0.235 e. The van der Waals surface area contributed by atoms with Crippen molar-refractivity contribution in [3.8, 4) is 19.8 Å². The fraction of sp³-hybridized carbons (Fsp3) is 0. The minimum absolute atomic E-state index is 1.07. The van der Waals surface area contributed by atoms with Gasteiger partial charge in [0.1, 0.15) is 10.0 Å². The molecule has 2 nitrogen and oxygen atoms in total. The molecule has 5 rings (SSSR count). The molecular formula is C16H8N2S4. The number of hydrogen-bond donors (Lipinski definition) is 0. The molecule has 0 aliphatic carbocycles. The van der Waals surface area contributed by atoms with Gasteiger partial charge in [0, 0.05) is 0 Å². The summed E-state index contributed by atoms with van der Waals surface area (Å²) in [7, 11) is 0. The van der Waals surface area contributed by atoms with E-state index in [-0.39, 0.29) is 0 Å². The van der Waals surface area contributed by atoms with Crippen molar-refractivity contribution in [2.75, 3.05) is 0 Å². The van der Waals surface area contributed by atoms with Crippen LogP contribution in [0.15, 0.2) is 47.2 Å². The molecule has 0 bridgehead atoms. The first-order valence-electron chi connectivity index (χ1n) is 6.66. The molecule has 0 fully saturated rings. The summed E-state index contributed by atoms with van der Waals surface area (Å²) in [6, 6.07) is 12.7. The van der Waals surface area contributed by atoms with E-state index in [1.807, 2.05) is 0 Å². The predicted octanol–water partition coefficient (Wildman–Crippen LogP) is 6.36. The SMILES string of the molecule is c1csc(-c2nc3cc4sc(-c5cccs5)nc4cc3s2)c1. The van der Waals surface area contributed by atoms with Crippen LogP contribution in [0, 0.1) is 0 Å². The summed E-state index contributed by atoms with van der Waals surface area (Å²) in [6.45, 7) is 0. The molecule has 22 heavy (non-hydrogen) atoms. The highest BCUT2D eigenvalue weighted by Gasteiger charge is 2.12. The van der Waals surface area contributed by atoms with Crippen LogP contribution in [0.3, 0.4) is 0 Å². The molecule has 1 aromatic carbocycles. The van der Waals surface area contributed by atoms with Crippen molar-refractivity contribution < 1.29 is 0 Å². The normalized spacial score (nSPS) is 11.6. The number of thiazole rings is 2. The lowest BCUT2D eigenvalue weighted by Gasteiger charge is -1.86. The molecule has 4 heterocycles. The van der Waals surface area contributed by atoms with Crippen LogP contribution in [-0.2, 0) is 0 Å². The average molecular weight is 357 g/mol. The summed E-state index contributed by atoms with van der Waals surface area (Å²) in [4.78, 5) is 12.0. The standard InChI is InChI=1S/C16H8N2S4/c1-3-11(19-5-1)15-17-9-7-14-10(8-13(9)21-15)18-16(22-14)12-4-2-6-20-12/h1-8H. The van der Waals surface area contributed by atoms with Gasteiger partial charge in [-0.2, -0.15) is 0 Å². The van der Waals surface area contributed by atoms with Gasteiger partial charge in [-0.15, -0.1) is 45.3 Å². The number of hydrogen-bond acceptors (Lipinski definition) is 6. The highest BCUT2D eigenvalue weighted by atomic mass is 32.1. The van der Waals surface area contributed by atoms with Crippen molar-refractivity contribution in [1.29, 1.82) is 0 Å². The molecule has 4 aromatic heterocycles. The second kappa shape index (κ2) is 4.96. The number of aromatic nitrogens is 2. The Morgan fingerprint density at radius 3 is 1.59 bits per heavy atom. The molecule has 0 saturated carbocycles. The number of nitrogens with zero attached hydrogens (tertiary/aromatic N) is 2. The van der Waals surface area contributed by atoms with Crippen molar-refractivity contribution in [1.82, 2.24) is 9.97 Å². The zero-order chi connectivity index (χ0) is 14.5. The van der Waals surface area contributed by atoms with Crippen molar-refractivity contribution in [2.24, 2.45) is 0 Å². The van der Waals surface area contributed by atoms with Crippen molar-refractivity contribution >= 4 is 65.8 Å². The van der Waals surface area contributed by atoms with E-state index in [0.717, 1.165) is 21.0 Å². The molecule has 0 saturated heterocycles. The van der Waals surface area contributed by atoms with Crippen LogP contribution < -0.4 is 0 Å². The summed E-state index contributed by atoms with van der Waals surface area (Å²) < 4.78 is 2.41. The molecule has 0 atom stereocenters. The first kappa shape index (κ1) is 12.9. The zero-order valence-corrected chi connectivity index (χ0v) is 14.4. The molecule has 0 aliphatic heterocycles. The molecule has 0 amide bonds. The number of fused-ring (bicyclic) bond motifs is 2. The van der Waals surface area contributed by atoms with Gasteiger partial charge in [-0.3, -0.25) is 0 Å². The van der Waals surface area contributed by atoms with Gasteiger partial charge >= 0.3 is 0 Å². The predicted molar refractivity (Wildman–Crippen MR) is 99.4 cm³/mol. The Labute approximate surface area is 142 Å². The quantitative estimate of drug-likeness (QED) is 0.367. The van der Waals surface area contributed by atoms with Crippen LogP contribution in [0.25, 0.3) is 40.2 Å². The number of thiophene rings is 2. The maximum Gasteiger partial charge on any atom is 0.134 e. The third kappa shape index (κ3) is 2.03. The summed E-state index contributed by atoms with van der Waals surface area (Å²) >= 11 is 6.96. The van der Waals surface area contributed by atoms with E-state index < -0.39 is 0 Å². The van der Waals surface area contributed by atoms with Gasteiger partial charge in [-0.05, 0) is 35.0 Å². The van der Waals surface area contributed by atoms with Crippen LogP contribution in [0.1, 0.15) is 0 Å². The van der Waals surface area contributed by atoms with E-state index >= 15 is 0 Å². The van der Waals surface area contributed by atoms with E-state index in [4.69, 9.17) is 9.97 Å². The Hall–Kier alpha value is -1.60. The fourth-order valence-electron chi connectivity index (χ4n) is 2.36. The van der Waals surface area contributed by atoms with E-state index in [9.17, 15) is 0 Å². The molecule has 106 valence electrons. The van der Waals surface area contributed by atoms with Gasteiger partial charge in [0.15, 0.2) is 0 Å². The molecule has 0 N–H and O–H groups in total. The Balaban J connectivity index is 1.69. The second-order valence-corrected chi connectivity index (χ2v) is 8.74. The lowest BCUT2D eigenvalue weighted by Crippen LogP contribution is -1.71. The van der Waals surface area contributed by atoms with Gasteiger partial charge in [-0.1, -0.05) is 12.1 Å². The minimum Gasteiger partial charge on any atom is -0.235 e.